The van der Waals surface area contributed by atoms with Crippen LogP contribution in [0, 0.1) is 0 Å². The minimum absolute atomic E-state index is 0.315. The fourth-order valence-electron chi connectivity index (χ4n) is 3.08. The molecule has 0 aliphatic carbocycles. The molecular weight excluding hydrogens is 288 g/mol. The molecule has 1 saturated heterocycles. The molecule has 1 aliphatic rings. The van der Waals surface area contributed by atoms with E-state index in [0.29, 0.717) is 5.95 Å². The van der Waals surface area contributed by atoms with Crippen LogP contribution in [-0.4, -0.2) is 45.7 Å². The first kappa shape index (κ1) is 14.0. The first-order valence-corrected chi connectivity index (χ1v) is 7.91. The summed E-state index contributed by atoms with van der Waals surface area (Å²) in [5.41, 5.74) is 8.98. The zero-order chi connectivity index (χ0) is 15.6. The van der Waals surface area contributed by atoms with E-state index in [0.717, 1.165) is 38.4 Å². The van der Waals surface area contributed by atoms with E-state index in [1.807, 2.05) is 12.3 Å². The highest BCUT2D eigenvalue weighted by atomic mass is 15.3. The van der Waals surface area contributed by atoms with E-state index >= 15 is 0 Å². The molecule has 1 aromatic carbocycles. The van der Waals surface area contributed by atoms with Crippen LogP contribution in [0.4, 0.5) is 11.6 Å². The third kappa shape index (κ3) is 2.98. The van der Waals surface area contributed by atoms with Crippen LogP contribution in [0.2, 0.25) is 0 Å². The van der Waals surface area contributed by atoms with Crippen LogP contribution in [0.15, 0.2) is 48.7 Å². The van der Waals surface area contributed by atoms with Crippen LogP contribution in [0.25, 0.3) is 5.65 Å². The lowest BCUT2D eigenvalue weighted by Gasteiger charge is -2.36. The zero-order valence-corrected chi connectivity index (χ0v) is 13.0. The number of nitrogen functional groups attached to an aromatic ring is 1. The second kappa shape index (κ2) is 5.89. The Morgan fingerprint density at radius 1 is 0.957 bits per heavy atom. The molecule has 0 spiro atoms. The summed E-state index contributed by atoms with van der Waals surface area (Å²) < 4.78 is 1.75. The number of piperazine rings is 1. The topological polar surface area (TPSA) is 62.7 Å². The smallest absolute Gasteiger partial charge is 0.240 e. The molecule has 6 nitrogen and oxygen atoms in total. The standard InChI is InChI=1S/C17H20N6/c18-17-19-16-7-6-15(13-23(16)20-17)22-10-8-21(9-11-22)12-14-4-2-1-3-5-14/h1-7,13H,8-12H2,(H2,18,20). The van der Waals surface area contributed by atoms with Crippen LogP contribution in [0.3, 0.4) is 0 Å². The summed E-state index contributed by atoms with van der Waals surface area (Å²) in [5.74, 6) is 0.315. The number of pyridine rings is 1. The SMILES string of the molecule is Nc1nc2ccc(N3CCN(Cc4ccccc4)CC3)cn2n1. The number of nitrogens with zero attached hydrogens (tertiary/aromatic N) is 5. The van der Waals surface area contributed by atoms with Crippen molar-refractivity contribution in [3.8, 4) is 0 Å². The molecule has 0 radical (unpaired) electrons. The lowest BCUT2D eigenvalue weighted by Crippen LogP contribution is -2.46. The third-order valence-corrected chi connectivity index (χ3v) is 4.32. The molecular formula is C17H20N6. The molecule has 0 amide bonds. The van der Waals surface area contributed by atoms with E-state index < -0.39 is 0 Å². The van der Waals surface area contributed by atoms with Crippen LogP contribution >= 0.6 is 0 Å². The molecule has 0 atom stereocenters. The van der Waals surface area contributed by atoms with Gasteiger partial charge in [-0.1, -0.05) is 30.3 Å². The van der Waals surface area contributed by atoms with Gasteiger partial charge in [0.15, 0.2) is 5.65 Å². The Kier molecular flexibility index (Phi) is 3.59. The highest BCUT2D eigenvalue weighted by Crippen LogP contribution is 2.18. The van der Waals surface area contributed by atoms with E-state index in [4.69, 9.17) is 5.73 Å². The van der Waals surface area contributed by atoms with E-state index in [9.17, 15) is 0 Å². The van der Waals surface area contributed by atoms with Crippen molar-refractivity contribution in [1.29, 1.82) is 0 Å². The van der Waals surface area contributed by atoms with Crippen LogP contribution in [0.5, 0.6) is 0 Å². The molecule has 0 saturated carbocycles. The first-order valence-electron chi connectivity index (χ1n) is 7.91. The van der Waals surface area contributed by atoms with Crippen LogP contribution < -0.4 is 10.6 Å². The summed E-state index contributed by atoms with van der Waals surface area (Å²) in [6.07, 6.45) is 2.01. The van der Waals surface area contributed by atoms with Crippen molar-refractivity contribution in [3.63, 3.8) is 0 Å². The fourth-order valence-corrected chi connectivity index (χ4v) is 3.08. The lowest BCUT2D eigenvalue weighted by atomic mass is 10.2. The average Bonchev–Trinajstić information content (AvgIpc) is 2.95. The van der Waals surface area contributed by atoms with Crippen LogP contribution in [-0.2, 0) is 6.54 Å². The summed E-state index contributed by atoms with van der Waals surface area (Å²) >= 11 is 0. The van der Waals surface area contributed by atoms with Gasteiger partial charge < -0.3 is 10.6 Å². The maximum absolute atomic E-state index is 5.65. The van der Waals surface area contributed by atoms with Crippen molar-refractivity contribution in [2.75, 3.05) is 36.8 Å². The number of aromatic nitrogens is 3. The summed E-state index contributed by atoms with van der Waals surface area (Å²) in [4.78, 5) is 9.05. The van der Waals surface area contributed by atoms with Gasteiger partial charge in [-0.2, -0.15) is 4.98 Å². The molecule has 3 heterocycles. The van der Waals surface area contributed by atoms with Gasteiger partial charge in [0.1, 0.15) is 0 Å². The van der Waals surface area contributed by atoms with Gasteiger partial charge in [0.05, 0.1) is 11.9 Å². The number of hydrogen-bond acceptors (Lipinski definition) is 5. The molecule has 23 heavy (non-hydrogen) atoms. The van der Waals surface area contributed by atoms with Crippen molar-refractivity contribution >= 4 is 17.3 Å². The average molecular weight is 308 g/mol. The number of rotatable bonds is 3. The Labute approximate surface area is 135 Å². The second-order valence-corrected chi connectivity index (χ2v) is 5.91. The lowest BCUT2D eigenvalue weighted by molar-refractivity contribution is 0.250. The van der Waals surface area contributed by atoms with Crippen molar-refractivity contribution in [1.82, 2.24) is 19.5 Å². The minimum atomic E-state index is 0.315. The molecule has 3 aromatic rings. The van der Waals surface area contributed by atoms with E-state index in [1.165, 1.54) is 11.3 Å². The predicted molar refractivity (Wildman–Crippen MR) is 91.3 cm³/mol. The zero-order valence-electron chi connectivity index (χ0n) is 13.0. The number of fused-ring (bicyclic) bond motifs is 1. The molecule has 0 unspecified atom stereocenters. The van der Waals surface area contributed by atoms with Gasteiger partial charge in [-0.15, -0.1) is 5.10 Å². The first-order chi connectivity index (χ1) is 11.3. The highest BCUT2D eigenvalue weighted by Gasteiger charge is 2.18. The Balaban J connectivity index is 1.42. The van der Waals surface area contributed by atoms with Gasteiger partial charge in [-0.3, -0.25) is 4.90 Å². The molecule has 1 fully saturated rings. The number of nitrogens with two attached hydrogens (primary N) is 1. The number of benzene rings is 1. The minimum Gasteiger partial charge on any atom is -0.368 e. The van der Waals surface area contributed by atoms with Crippen LogP contribution in [0.1, 0.15) is 5.56 Å². The van der Waals surface area contributed by atoms with Gasteiger partial charge in [-0.25, -0.2) is 4.52 Å². The maximum atomic E-state index is 5.65. The van der Waals surface area contributed by atoms with Crippen molar-refractivity contribution < 1.29 is 0 Å². The van der Waals surface area contributed by atoms with Gasteiger partial charge in [0, 0.05) is 32.7 Å². The van der Waals surface area contributed by atoms with Gasteiger partial charge in [0.2, 0.25) is 5.95 Å². The predicted octanol–water partition coefficient (Wildman–Crippen LogP) is 1.63. The van der Waals surface area contributed by atoms with Crippen molar-refractivity contribution in [2.24, 2.45) is 0 Å². The Morgan fingerprint density at radius 2 is 1.74 bits per heavy atom. The maximum Gasteiger partial charge on any atom is 0.240 e. The summed E-state index contributed by atoms with van der Waals surface area (Å²) in [6, 6.07) is 14.7. The Bertz CT molecular complexity index is 789. The third-order valence-electron chi connectivity index (χ3n) is 4.32. The van der Waals surface area contributed by atoms with Gasteiger partial charge >= 0.3 is 0 Å². The number of anilines is 2. The van der Waals surface area contributed by atoms with Gasteiger partial charge in [0.25, 0.3) is 0 Å². The number of hydrogen-bond donors (Lipinski definition) is 1. The normalized spacial score (nSPS) is 16.1. The summed E-state index contributed by atoms with van der Waals surface area (Å²) in [5, 5.41) is 4.19. The van der Waals surface area contributed by atoms with Crippen molar-refractivity contribution in [3.05, 3.63) is 54.2 Å². The quantitative estimate of drug-likeness (QED) is 0.797. The molecule has 1 aliphatic heterocycles. The van der Waals surface area contributed by atoms with E-state index in [2.05, 4.69) is 56.3 Å². The molecule has 0 bridgehead atoms. The molecule has 6 heteroatoms. The molecule has 4 rings (SSSR count). The largest absolute Gasteiger partial charge is 0.368 e. The fraction of sp³-hybridized carbons (Fsp3) is 0.294. The Hall–Kier alpha value is -2.60. The summed E-state index contributed by atoms with van der Waals surface area (Å²) in [7, 11) is 0. The van der Waals surface area contributed by atoms with E-state index in [1.54, 1.807) is 4.52 Å². The van der Waals surface area contributed by atoms with E-state index in [-0.39, 0.29) is 0 Å². The monoisotopic (exact) mass is 308 g/mol. The van der Waals surface area contributed by atoms with Gasteiger partial charge in [-0.05, 0) is 17.7 Å². The van der Waals surface area contributed by atoms with Crippen molar-refractivity contribution in [2.45, 2.75) is 6.54 Å². The summed E-state index contributed by atoms with van der Waals surface area (Å²) in [6.45, 7) is 5.18. The second-order valence-electron chi connectivity index (χ2n) is 5.91. The molecule has 2 N–H and O–H groups in total. The molecule has 2 aromatic heterocycles. The highest BCUT2D eigenvalue weighted by molar-refractivity contribution is 5.52. The molecule has 118 valence electrons. The Morgan fingerprint density at radius 3 is 2.52 bits per heavy atom.